The van der Waals surface area contributed by atoms with E-state index in [9.17, 15) is 19.5 Å². The summed E-state index contributed by atoms with van der Waals surface area (Å²) < 4.78 is 0. The number of amides is 4. The number of hydrazine groups is 1. The normalized spacial score (nSPS) is 24.8. The lowest BCUT2D eigenvalue weighted by Gasteiger charge is -2.51. The molecule has 2 aliphatic heterocycles. The predicted molar refractivity (Wildman–Crippen MR) is 223 cm³/mol. The van der Waals surface area contributed by atoms with Gasteiger partial charge in [-0.15, -0.1) is 0 Å². The van der Waals surface area contributed by atoms with E-state index in [0.29, 0.717) is 33.6 Å². The molecule has 0 spiro atoms. The summed E-state index contributed by atoms with van der Waals surface area (Å²) in [4.78, 5) is 74.3. The lowest BCUT2D eigenvalue weighted by molar-refractivity contribution is -0.138. The molecule has 9 nitrogen and oxygen atoms in total. The maximum atomic E-state index is 15.6. The first kappa shape index (κ1) is 36.2. The minimum atomic E-state index is -1.53. The Morgan fingerprint density at radius 2 is 1.36 bits per heavy atom. The average Bonchev–Trinajstić information content (AvgIpc) is 3.65. The number of anilines is 2. The van der Waals surface area contributed by atoms with Gasteiger partial charge in [-0.3, -0.25) is 34.3 Å². The zero-order chi connectivity index (χ0) is 40.6. The number of phenols is 1. The molecule has 2 saturated heterocycles. The first-order valence-electron chi connectivity index (χ1n) is 19.9. The number of nitrogens with one attached hydrogen (secondary N) is 1. The highest BCUT2D eigenvalue weighted by atomic mass is 16.3. The lowest BCUT2D eigenvalue weighted by Crippen LogP contribution is -2.53. The number of imide groups is 2. The molecule has 59 heavy (non-hydrogen) atoms. The van der Waals surface area contributed by atoms with E-state index in [1.807, 2.05) is 104 Å². The largest absolute Gasteiger partial charge is 0.508 e. The van der Waals surface area contributed by atoms with Crippen molar-refractivity contribution in [2.75, 3.05) is 10.3 Å². The van der Waals surface area contributed by atoms with Crippen molar-refractivity contribution in [2.45, 2.75) is 31.1 Å². The Kier molecular flexibility index (Phi) is 8.45. The zero-order valence-electron chi connectivity index (χ0n) is 32.1. The van der Waals surface area contributed by atoms with Crippen LogP contribution in [0.5, 0.6) is 5.75 Å². The number of hydrogen-bond acceptors (Lipinski definition) is 7. The Morgan fingerprint density at radius 1 is 0.695 bits per heavy atom. The van der Waals surface area contributed by atoms with Crippen LogP contribution in [0.1, 0.15) is 51.4 Å². The number of phenolic OH excluding ortho intramolecular Hbond substituents is 1. The van der Waals surface area contributed by atoms with Gasteiger partial charge in [-0.25, -0.2) is 0 Å². The van der Waals surface area contributed by atoms with Crippen LogP contribution in [0.3, 0.4) is 0 Å². The van der Waals surface area contributed by atoms with Crippen molar-refractivity contribution >= 4 is 51.6 Å². The van der Waals surface area contributed by atoms with Crippen LogP contribution < -0.4 is 10.3 Å². The average molecular weight is 778 g/mol. The van der Waals surface area contributed by atoms with Gasteiger partial charge in [0.05, 0.1) is 34.5 Å². The number of carbonyl (C=O) groups excluding carboxylic acids is 5. The number of nitrogens with zero attached hydrogens (tertiary/aromatic N) is 2. The zero-order valence-corrected chi connectivity index (χ0v) is 32.1. The maximum absolute atomic E-state index is 15.6. The fraction of sp³-hybridized carbons (Fsp3) is 0.180. The number of allylic oxidation sites excluding steroid dienone is 2. The number of aromatic hydroxyl groups is 1. The smallest absolute Gasteiger partial charge is 0.260 e. The number of hydrogen-bond donors (Lipinski definition) is 2. The van der Waals surface area contributed by atoms with E-state index < -0.39 is 52.7 Å². The number of fused-ring (bicyclic) bond motifs is 5. The third kappa shape index (κ3) is 5.41. The van der Waals surface area contributed by atoms with Crippen molar-refractivity contribution in [1.82, 2.24) is 5.01 Å². The Balaban J connectivity index is 1.12. The van der Waals surface area contributed by atoms with Crippen LogP contribution in [0.15, 0.2) is 157 Å². The minimum Gasteiger partial charge on any atom is -0.508 e. The third-order valence-corrected chi connectivity index (χ3v) is 13.1. The van der Waals surface area contributed by atoms with Crippen molar-refractivity contribution in [3.8, 4) is 5.75 Å². The molecule has 2 aliphatic carbocycles. The number of carbonyl (C=O) groups is 5. The summed E-state index contributed by atoms with van der Waals surface area (Å²) in [5.41, 5.74) is 6.37. The van der Waals surface area contributed by atoms with E-state index in [-0.39, 0.29) is 30.3 Å². The number of rotatable bonds is 7. The molecule has 1 saturated carbocycles. The second-order valence-corrected chi connectivity index (χ2v) is 16.1. The third-order valence-electron chi connectivity index (χ3n) is 13.1. The molecule has 9 heteroatoms. The van der Waals surface area contributed by atoms with E-state index in [1.54, 1.807) is 54.6 Å². The van der Waals surface area contributed by atoms with Crippen molar-refractivity contribution in [3.05, 3.63) is 185 Å². The van der Waals surface area contributed by atoms with E-state index in [2.05, 4.69) is 5.43 Å². The van der Waals surface area contributed by atoms with E-state index >= 15 is 9.59 Å². The van der Waals surface area contributed by atoms with E-state index in [4.69, 9.17) is 0 Å². The summed E-state index contributed by atoms with van der Waals surface area (Å²) in [6.07, 6.45) is 2.34. The fourth-order valence-corrected chi connectivity index (χ4v) is 10.4. The molecule has 10 rings (SSSR count). The Hall–Kier alpha value is -7.13. The van der Waals surface area contributed by atoms with Gasteiger partial charge < -0.3 is 5.11 Å². The summed E-state index contributed by atoms with van der Waals surface area (Å²) >= 11 is 0. The minimum absolute atomic E-state index is 0.0304. The first-order chi connectivity index (χ1) is 28.7. The van der Waals surface area contributed by atoms with Crippen molar-refractivity contribution in [1.29, 1.82) is 0 Å². The molecule has 2 heterocycles. The second-order valence-electron chi connectivity index (χ2n) is 16.1. The number of benzene rings is 6. The molecule has 0 bridgehead atoms. The van der Waals surface area contributed by atoms with Crippen molar-refractivity contribution < 1.29 is 29.1 Å². The van der Waals surface area contributed by atoms with Crippen LogP contribution in [0, 0.1) is 30.6 Å². The summed E-state index contributed by atoms with van der Waals surface area (Å²) in [5.74, 6) is -5.86. The van der Waals surface area contributed by atoms with Crippen LogP contribution >= 0.6 is 0 Å². The fourth-order valence-electron chi connectivity index (χ4n) is 10.4. The lowest BCUT2D eigenvalue weighted by atomic mass is 9.48. The molecule has 6 aromatic carbocycles. The SMILES string of the molecule is Cc1ccc(NN2C(=O)[C@@H]3C[C@@H]4C(=CC[C@@H]5C(=O)N(c6ccc(C(=O)c7ccccc7)cc6)C(=O)[C@@H]54)[C@H](c4c(O)ccc5ccccc45)[C@]3(c3ccccc3)C2=O)cc1. The van der Waals surface area contributed by atoms with Gasteiger partial charge in [-0.2, -0.15) is 5.01 Å². The van der Waals surface area contributed by atoms with Gasteiger partial charge in [0.1, 0.15) is 5.75 Å². The van der Waals surface area contributed by atoms with Gasteiger partial charge in [0.15, 0.2) is 5.78 Å². The quantitative estimate of drug-likeness (QED) is 0.0951. The summed E-state index contributed by atoms with van der Waals surface area (Å²) in [7, 11) is 0. The maximum Gasteiger partial charge on any atom is 0.260 e. The molecular weight excluding hydrogens is 739 g/mol. The molecule has 4 amide bonds. The predicted octanol–water partition coefficient (Wildman–Crippen LogP) is 8.27. The molecular formula is C50H39N3O6. The highest BCUT2D eigenvalue weighted by Gasteiger charge is 2.70. The first-order valence-corrected chi connectivity index (χ1v) is 19.9. The van der Waals surface area contributed by atoms with Crippen LogP contribution in [0.4, 0.5) is 11.4 Å². The highest BCUT2D eigenvalue weighted by Crippen LogP contribution is 2.65. The molecule has 3 fully saturated rings. The van der Waals surface area contributed by atoms with Gasteiger partial charge in [0.2, 0.25) is 11.8 Å². The standard InChI is InChI=1S/C50H39N3O6/c1-29-16-21-34(22-17-29)51-53-47(57)40-28-39-37(44(50(40,49(53)59)33-13-6-3-7-14-33)43-36-15-9-8-10-30(36)20-27-41(43)54)25-26-38-42(39)48(58)52(46(38)56)35-23-18-32(19-24-35)45(55)31-11-4-2-5-12-31/h2-25,27,38-40,42,44,51,54H,26,28H2,1H3/t38-,39+,40-,42-,44+,50+/m0/s1. The van der Waals surface area contributed by atoms with E-state index in [1.165, 1.54) is 4.90 Å². The second kappa shape index (κ2) is 13.8. The molecule has 0 radical (unpaired) electrons. The summed E-state index contributed by atoms with van der Waals surface area (Å²) in [6.45, 7) is 1.96. The molecule has 6 atom stereocenters. The van der Waals surface area contributed by atoms with Gasteiger partial charge in [0, 0.05) is 22.6 Å². The van der Waals surface area contributed by atoms with Crippen LogP contribution in [0.25, 0.3) is 10.8 Å². The van der Waals surface area contributed by atoms with Crippen molar-refractivity contribution in [2.24, 2.45) is 23.7 Å². The van der Waals surface area contributed by atoms with Crippen LogP contribution in [0.2, 0.25) is 0 Å². The molecule has 4 aliphatic rings. The highest BCUT2D eigenvalue weighted by molar-refractivity contribution is 6.23. The molecule has 290 valence electrons. The molecule has 6 aromatic rings. The number of ketones is 1. The molecule has 0 unspecified atom stereocenters. The Morgan fingerprint density at radius 3 is 2.08 bits per heavy atom. The summed E-state index contributed by atoms with van der Waals surface area (Å²) in [6, 6.07) is 43.2. The van der Waals surface area contributed by atoms with Crippen LogP contribution in [-0.4, -0.2) is 39.5 Å². The van der Waals surface area contributed by atoms with Gasteiger partial charge in [-0.1, -0.05) is 120 Å². The van der Waals surface area contributed by atoms with E-state index in [0.717, 1.165) is 26.9 Å². The van der Waals surface area contributed by atoms with Gasteiger partial charge in [0.25, 0.3) is 11.8 Å². The molecule has 0 aromatic heterocycles. The number of aryl methyl sites for hydroxylation is 1. The van der Waals surface area contributed by atoms with Gasteiger partial charge >= 0.3 is 0 Å². The van der Waals surface area contributed by atoms with Crippen molar-refractivity contribution in [3.63, 3.8) is 0 Å². The molecule has 2 N–H and O–H groups in total. The Labute approximate surface area is 340 Å². The topological polar surface area (TPSA) is 124 Å². The Bertz CT molecular complexity index is 2750. The summed E-state index contributed by atoms with van der Waals surface area (Å²) in [5, 5.41) is 14.7. The van der Waals surface area contributed by atoms with Gasteiger partial charge in [-0.05, 0) is 84.5 Å². The monoisotopic (exact) mass is 777 g/mol. The van der Waals surface area contributed by atoms with Crippen LogP contribution in [-0.2, 0) is 24.6 Å².